The van der Waals surface area contributed by atoms with Crippen LogP contribution in [-0.4, -0.2) is 50.8 Å². The molecule has 0 saturated carbocycles. The first kappa shape index (κ1) is 19.2. The molecule has 0 aliphatic carbocycles. The van der Waals surface area contributed by atoms with Gasteiger partial charge in [0.05, 0.1) is 11.4 Å². The average molecular weight is 399 g/mol. The Kier molecular flexibility index (Phi) is 5.13. The van der Waals surface area contributed by atoms with Gasteiger partial charge in [-0.25, -0.2) is 4.98 Å². The fourth-order valence-corrected chi connectivity index (χ4v) is 3.02. The molecule has 0 radical (unpaired) electrons. The second kappa shape index (κ2) is 7.22. The summed E-state index contributed by atoms with van der Waals surface area (Å²) in [7, 11) is 0. The Labute approximate surface area is 156 Å². The Hall–Kier alpha value is -2.56. The molecular weight excluding hydrogens is 383 g/mol. The molecule has 7 nitrogen and oxygen atoms in total. The van der Waals surface area contributed by atoms with Crippen molar-refractivity contribution in [3.63, 3.8) is 0 Å². The van der Waals surface area contributed by atoms with Gasteiger partial charge in [0.15, 0.2) is 11.6 Å². The van der Waals surface area contributed by atoms with Crippen LogP contribution in [0.4, 0.5) is 19.0 Å². The molecule has 0 fully saturated rings. The largest absolute Gasteiger partial charge is 0.409 e. The van der Waals surface area contributed by atoms with Crippen molar-refractivity contribution in [3.05, 3.63) is 35.2 Å². The number of fused-ring (bicyclic) bond motifs is 1. The molecule has 2 amide bonds. The molecule has 1 atom stereocenters. The van der Waals surface area contributed by atoms with Gasteiger partial charge in [0, 0.05) is 12.6 Å². The van der Waals surface area contributed by atoms with Gasteiger partial charge < -0.3 is 10.6 Å². The molecule has 2 aromatic heterocycles. The van der Waals surface area contributed by atoms with E-state index in [2.05, 4.69) is 15.4 Å². The first-order valence-electron chi connectivity index (χ1n) is 7.92. The molecule has 11 heteroatoms. The molecule has 27 heavy (non-hydrogen) atoms. The monoisotopic (exact) mass is 399 g/mol. The number of rotatable bonds is 4. The quantitative estimate of drug-likeness (QED) is 0.822. The van der Waals surface area contributed by atoms with Gasteiger partial charge >= 0.3 is 6.18 Å². The summed E-state index contributed by atoms with van der Waals surface area (Å²) < 4.78 is 40.4. The van der Waals surface area contributed by atoms with Crippen molar-refractivity contribution in [2.45, 2.75) is 25.6 Å². The van der Waals surface area contributed by atoms with E-state index in [-0.39, 0.29) is 28.6 Å². The number of halogens is 3. The Morgan fingerprint density at radius 3 is 2.78 bits per heavy atom. The van der Waals surface area contributed by atoms with Crippen molar-refractivity contribution < 1.29 is 22.8 Å². The lowest BCUT2D eigenvalue weighted by Gasteiger charge is -2.25. The molecule has 0 saturated heterocycles. The third-order valence-electron chi connectivity index (χ3n) is 3.93. The van der Waals surface area contributed by atoms with Gasteiger partial charge in [-0.05, 0) is 24.8 Å². The van der Waals surface area contributed by atoms with Gasteiger partial charge in [0.25, 0.3) is 5.91 Å². The molecule has 3 heterocycles. The van der Waals surface area contributed by atoms with Crippen molar-refractivity contribution in [1.82, 2.24) is 20.1 Å². The zero-order chi connectivity index (χ0) is 19.8. The number of carbonyl (C=O) groups excluding carboxylic acids is 2. The zero-order valence-electron chi connectivity index (χ0n) is 14.4. The molecule has 1 unspecified atom stereocenters. The highest BCUT2D eigenvalue weighted by atomic mass is 32.2. The molecule has 1 aliphatic rings. The van der Waals surface area contributed by atoms with Crippen LogP contribution in [0.25, 0.3) is 5.82 Å². The maximum atomic E-state index is 13.1. The van der Waals surface area contributed by atoms with Crippen LogP contribution in [0, 0.1) is 6.92 Å². The number of thioether (sulfide) groups is 1. The molecule has 0 spiro atoms. The number of hydrogen-bond acceptors (Lipinski definition) is 5. The topological polar surface area (TPSA) is 88.9 Å². The zero-order valence-corrected chi connectivity index (χ0v) is 15.2. The van der Waals surface area contributed by atoms with Crippen LogP contribution in [0.15, 0.2) is 18.3 Å². The van der Waals surface area contributed by atoms with Gasteiger partial charge in [0.2, 0.25) is 5.91 Å². The molecular formula is C16H16F3N5O2S. The van der Waals surface area contributed by atoms with Crippen molar-refractivity contribution in [2.24, 2.45) is 0 Å². The van der Waals surface area contributed by atoms with E-state index < -0.39 is 30.5 Å². The van der Waals surface area contributed by atoms with E-state index in [0.717, 1.165) is 5.56 Å². The number of nitrogens with one attached hydrogen (secondary N) is 2. The van der Waals surface area contributed by atoms with E-state index in [1.54, 1.807) is 24.6 Å². The van der Waals surface area contributed by atoms with Crippen molar-refractivity contribution in [2.75, 3.05) is 17.3 Å². The van der Waals surface area contributed by atoms with Crippen LogP contribution in [0.3, 0.4) is 0 Å². The predicted molar refractivity (Wildman–Crippen MR) is 94.1 cm³/mol. The SMILES string of the molecule is CSCC(=O)Nc1c2c(nn1-c1ccc(C)cn1)CC(C(F)(F)F)NC2=O. The molecule has 144 valence electrons. The lowest BCUT2D eigenvalue weighted by molar-refractivity contribution is -0.154. The third kappa shape index (κ3) is 3.92. The van der Waals surface area contributed by atoms with Gasteiger partial charge in [0.1, 0.15) is 11.6 Å². The fraction of sp³-hybridized carbons (Fsp3) is 0.375. The number of aromatic nitrogens is 3. The maximum Gasteiger partial charge on any atom is 0.409 e. The van der Waals surface area contributed by atoms with Gasteiger partial charge in [-0.2, -0.15) is 34.7 Å². The average Bonchev–Trinajstić information content (AvgIpc) is 2.94. The van der Waals surface area contributed by atoms with Crippen molar-refractivity contribution in [3.8, 4) is 5.82 Å². The number of carbonyl (C=O) groups is 2. The normalized spacial score (nSPS) is 16.6. The summed E-state index contributed by atoms with van der Waals surface area (Å²) >= 11 is 1.27. The van der Waals surface area contributed by atoms with E-state index >= 15 is 0 Å². The summed E-state index contributed by atoms with van der Waals surface area (Å²) in [6.07, 6.45) is -1.83. The Balaban J connectivity index is 2.09. The van der Waals surface area contributed by atoms with Gasteiger partial charge in [-0.15, -0.1) is 0 Å². The Bertz CT molecular complexity index is 879. The minimum absolute atomic E-state index is 0.0125. The van der Waals surface area contributed by atoms with Crippen LogP contribution in [0.2, 0.25) is 0 Å². The smallest absolute Gasteiger partial charge is 0.340 e. The molecule has 3 rings (SSSR count). The van der Waals surface area contributed by atoms with Gasteiger partial charge in [-0.1, -0.05) is 6.07 Å². The molecule has 1 aliphatic heterocycles. The Morgan fingerprint density at radius 2 is 2.19 bits per heavy atom. The second-order valence-electron chi connectivity index (χ2n) is 6.03. The predicted octanol–water partition coefficient (Wildman–Crippen LogP) is 2.09. The van der Waals surface area contributed by atoms with Crippen LogP contribution >= 0.6 is 11.8 Å². The van der Waals surface area contributed by atoms with Crippen LogP contribution in [0.5, 0.6) is 0 Å². The summed E-state index contributed by atoms with van der Waals surface area (Å²) in [5.74, 6) is -0.918. The number of pyridine rings is 1. The standard InChI is InChI=1S/C16H16F3N5O2S/c1-8-3-4-11(20-6-8)24-14(22-12(25)7-27-2)13-9(23-24)5-10(16(17,18)19)21-15(13)26/h3-4,6,10H,5,7H2,1-2H3,(H,21,26)(H,22,25). The molecule has 0 bridgehead atoms. The van der Waals surface area contributed by atoms with Crippen molar-refractivity contribution >= 4 is 29.4 Å². The first-order valence-corrected chi connectivity index (χ1v) is 9.31. The number of anilines is 1. The highest BCUT2D eigenvalue weighted by molar-refractivity contribution is 7.99. The van der Waals surface area contributed by atoms with Crippen LogP contribution < -0.4 is 10.6 Å². The number of amides is 2. The summed E-state index contributed by atoms with van der Waals surface area (Å²) in [4.78, 5) is 28.6. The van der Waals surface area contributed by atoms with Crippen LogP contribution in [0.1, 0.15) is 21.6 Å². The highest BCUT2D eigenvalue weighted by Crippen LogP contribution is 2.32. The number of alkyl halides is 3. The van der Waals surface area contributed by atoms with Crippen molar-refractivity contribution in [1.29, 1.82) is 0 Å². The number of aryl methyl sites for hydroxylation is 1. The minimum Gasteiger partial charge on any atom is -0.340 e. The first-order chi connectivity index (χ1) is 12.7. The van der Waals surface area contributed by atoms with Crippen LogP contribution in [-0.2, 0) is 11.2 Å². The van der Waals surface area contributed by atoms with E-state index in [1.165, 1.54) is 16.4 Å². The lowest BCUT2D eigenvalue weighted by Crippen LogP contribution is -2.50. The summed E-state index contributed by atoms with van der Waals surface area (Å²) in [5, 5.41) is 8.66. The number of hydrogen-bond donors (Lipinski definition) is 2. The lowest BCUT2D eigenvalue weighted by atomic mass is 10.0. The van der Waals surface area contributed by atoms with E-state index in [0.29, 0.717) is 0 Å². The summed E-state index contributed by atoms with van der Waals surface area (Å²) in [6, 6.07) is 1.33. The highest BCUT2D eigenvalue weighted by Gasteiger charge is 2.46. The Morgan fingerprint density at radius 1 is 1.44 bits per heavy atom. The fourth-order valence-electron chi connectivity index (χ4n) is 2.68. The minimum atomic E-state index is -4.60. The number of nitrogens with zero attached hydrogens (tertiary/aromatic N) is 3. The second-order valence-corrected chi connectivity index (χ2v) is 6.89. The summed E-state index contributed by atoms with van der Waals surface area (Å²) in [5.41, 5.74) is 0.758. The molecule has 2 aromatic rings. The van der Waals surface area contributed by atoms with E-state index in [9.17, 15) is 22.8 Å². The maximum absolute atomic E-state index is 13.1. The molecule has 2 N–H and O–H groups in total. The van der Waals surface area contributed by atoms with E-state index in [4.69, 9.17) is 0 Å². The van der Waals surface area contributed by atoms with Gasteiger partial charge in [-0.3, -0.25) is 9.59 Å². The van der Waals surface area contributed by atoms with E-state index in [1.807, 2.05) is 12.2 Å². The molecule has 0 aromatic carbocycles. The third-order valence-corrected chi connectivity index (χ3v) is 4.48. The summed E-state index contributed by atoms with van der Waals surface area (Å²) in [6.45, 7) is 1.83.